The highest BCUT2D eigenvalue weighted by atomic mass is 32.2. The van der Waals surface area contributed by atoms with Gasteiger partial charge in [0.15, 0.2) is 5.65 Å². The van der Waals surface area contributed by atoms with Crippen molar-refractivity contribution in [2.75, 3.05) is 0 Å². The third-order valence-corrected chi connectivity index (χ3v) is 2.65. The Kier molecular flexibility index (Phi) is 1.92. The van der Waals surface area contributed by atoms with Gasteiger partial charge in [-0.15, -0.1) is 0 Å². The van der Waals surface area contributed by atoms with E-state index in [1.54, 1.807) is 0 Å². The fourth-order valence-electron chi connectivity index (χ4n) is 1.08. The molecule has 2 rings (SSSR count). The van der Waals surface area contributed by atoms with E-state index in [0.717, 1.165) is 6.20 Å². The SMILES string of the molecule is N#Cc1cnn2cc(S(N)(=O)=O)cnc12. The average molecular weight is 223 g/mol. The molecule has 0 saturated carbocycles. The lowest BCUT2D eigenvalue weighted by atomic mass is 10.4. The first kappa shape index (κ1) is 9.57. The molecule has 0 aliphatic carbocycles. The smallest absolute Gasteiger partial charge is 0.234 e. The zero-order valence-electron chi connectivity index (χ0n) is 7.32. The van der Waals surface area contributed by atoms with Crippen LogP contribution in [0.5, 0.6) is 0 Å². The molecule has 0 bridgehead atoms. The Labute approximate surface area is 84.8 Å². The predicted octanol–water partition coefficient (Wildman–Crippen LogP) is -0.752. The van der Waals surface area contributed by atoms with E-state index >= 15 is 0 Å². The second kappa shape index (κ2) is 3.01. The number of rotatable bonds is 1. The van der Waals surface area contributed by atoms with Crippen LogP contribution in [0.1, 0.15) is 5.56 Å². The minimum Gasteiger partial charge on any atom is -0.234 e. The highest BCUT2D eigenvalue weighted by Gasteiger charge is 2.11. The number of fused-ring (bicyclic) bond motifs is 1. The molecule has 15 heavy (non-hydrogen) atoms. The Morgan fingerprint density at radius 1 is 1.47 bits per heavy atom. The van der Waals surface area contributed by atoms with E-state index in [9.17, 15) is 8.42 Å². The van der Waals surface area contributed by atoms with Crippen LogP contribution in [-0.2, 0) is 10.0 Å². The van der Waals surface area contributed by atoms with Gasteiger partial charge in [-0.1, -0.05) is 0 Å². The summed E-state index contributed by atoms with van der Waals surface area (Å²) in [7, 11) is -3.80. The van der Waals surface area contributed by atoms with Gasteiger partial charge in [0.05, 0.1) is 18.6 Å². The second-order valence-corrected chi connectivity index (χ2v) is 4.33. The van der Waals surface area contributed by atoms with Crippen molar-refractivity contribution < 1.29 is 8.42 Å². The lowest BCUT2D eigenvalue weighted by molar-refractivity contribution is 0.596. The summed E-state index contributed by atoms with van der Waals surface area (Å²) in [5.41, 5.74) is 0.570. The highest BCUT2D eigenvalue weighted by molar-refractivity contribution is 7.89. The van der Waals surface area contributed by atoms with Gasteiger partial charge in [0.1, 0.15) is 16.5 Å². The van der Waals surface area contributed by atoms with Gasteiger partial charge in [0.2, 0.25) is 10.0 Å². The summed E-state index contributed by atoms with van der Waals surface area (Å²) in [5.74, 6) is 0. The van der Waals surface area contributed by atoms with E-state index in [1.807, 2.05) is 6.07 Å². The maximum absolute atomic E-state index is 11.0. The first-order valence-electron chi connectivity index (χ1n) is 3.78. The molecule has 0 atom stereocenters. The van der Waals surface area contributed by atoms with Gasteiger partial charge >= 0.3 is 0 Å². The highest BCUT2D eigenvalue weighted by Crippen LogP contribution is 2.09. The van der Waals surface area contributed by atoms with Crippen LogP contribution in [0.15, 0.2) is 23.5 Å². The maximum atomic E-state index is 11.0. The van der Waals surface area contributed by atoms with Crippen LogP contribution in [0.4, 0.5) is 0 Å². The molecule has 2 aromatic heterocycles. The molecule has 0 spiro atoms. The molecule has 0 aliphatic heterocycles. The summed E-state index contributed by atoms with van der Waals surface area (Å²) in [6, 6.07) is 1.88. The van der Waals surface area contributed by atoms with Crippen LogP contribution >= 0.6 is 0 Å². The molecule has 0 amide bonds. The van der Waals surface area contributed by atoms with Crippen molar-refractivity contribution >= 4 is 15.7 Å². The van der Waals surface area contributed by atoms with Crippen molar-refractivity contribution in [3.05, 3.63) is 24.2 Å². The zero-order valence-corrected chi connectivity index (χ0v) is 8.14. The Balaban J connectivity index is 2.76. The van der Waals surface area contributed by atoms with Gasteiger partial charge in [-0.2, -0.15) is 10.4 Å². The van der Waals surface area contributed by atoms with Crippen molar-refractivity contribution in [3.8, 4) is 6.07 Å². The number of nitrogens with zero attached hydrogens (tertiary/aromatic N) is 4. The number of hydrogen-bond acceptors (Lipinski definition) is 5. The predicted molar refractivity (Wildman–Crippen MR) is 49.1 cm³/mol. The fraction of sp³-hybridized carbons (Fsp3) is 0. The third kappa shape index (κ3) is 1.54. The summed E-state index contributed by atoms with van der Waals surface area (Å²) in [6.45, 7) is 0. The molecule has 0 aliphatic rings. The molecule has 76 valence electrons. The van der Waals surface area contributed by atoms with E-state index in [1.165, 1.54) is 16.9 Å². The van der Waals surface area contributed by atoms with Crippen molar-refractivity contribution in [1.82, 2.24) is 14.6 Å². The van der Waals surface area contributed by atoms with Crippen molar-refractivity contribution in [2.24, 2.45) is 5.14 Å². The van der Waals surface area contributed by atoms with Crippen LogP contribution < -0.4 is 5.14 Å². The van der Waals surface area contributed by atoms with Gasteiger partial charge < -0.3 is 0 Å². The van der Waals surface area contributed by atoms with Crippen LogP contribution in [0.3, 0.4) is 0 Å². The molecule has 0 radical (unpaired) electrons. The molecule has 2 heterocycles. The van der Waals surface area contributed by atoms with Crippen LogP contribution in [0, 0.1) is 11.3 Å². The zero-order chi connectivity index (χ0) is 11.1. The molecule has 8 heteroatoms. The van der Waals surface area contributed by atoms with Crippen molar-refractivity contribution in [1.29, 1.82) is 5.26 Å². The maximum Gasteiger partial charge on any atom is 0.241 e. The first-order valence-corrected chi connectivity index (χ1v) is 5.33. The summed E-state index contributed by atoms with van der Waals surface area (Å²) in [6.07, 6.45) is 3.60. The van der Waals surface area contributed by atoms with Crippen LogP contribution in [0.25, 0.3) is 5.65 Å². The standard InChI is InChI=1S/C7H5N5O2S/c8-1-5-2-11-12-4-6(15(9,13)14)3-10-7(5)12/h2-4H,(H2,9,13,14). The summed E-state index contributed by atoms with van der Waals surface area (Å²) >= 11 is 0. The van der Waals surface area contributed by atoms with Gasteiger partial charge in [-0.3, -0.25) is 0 Å². The van der Waals surface area contributed by atoms with E-state index < -0.39 is 10.0 Å². The third-order valence-electron chi connectivity index (χ3n) is 1.78. The number of sulfonamides is 1. The largest absolute Gasteiger partial charge is 0.241 e. The topological polar surface area (TPSA) is 114 Å². The Bertz CT molecular complexity index is 666. The van der Waals surface area contributed by atoms with E-state index in [4.69, 9.17) is 10.4 Å². The lowest BCUT2D eigenvalue weighted by Crippen LogP contribution is -2.13. The van der Waals surface area contributed by atoms with Crippen LogP contribution in [0.2, 0.25) is 0 Å². The number of primary sulfonamides is 1. The quantitative estimate of drug-likeness (QED) is 0.683. The Morgan fingerprint density at radius 2 is 2.20 bits per heavy atom. The number of nitrogens with two attached hydrogens (primary N) is 1. The average Bonchev–Trinajstić information content (AvgIpc) is 2.58. The van der Waals surface area contributed by atoms with E-state index in [0.29, 0.717) is 5.65 Å². The normalized spacial score (nSPS) is 11.5. The Hall–Kier alpha value is -1.98. The van der Waals surface area contributed by atoms with Crippen LogP contribution in [-0.4, -0.2) is 23.0 Å². The van der Waals surface area contributed by atoms with Gasteiger partial charge in [-0.25, -0.2) is 23.1 Å². The molecule has 0 saturated heterocycles. The Morgan fingerprint density at radius 3 is 2.80 bits per heavy atom. The molecule has 2 aromatic rings. The number of hydrogen-bond donors (Lipinski definition) is 1. The first-order chi connectivity index (χ1) is 7.02. The monoisotopic (exact) mass is 223 g/mol. The number of aromatic nitrogens is 3. The minimum atomic E-state index is -3.80. The van der Waals surface area contributed by atoms with E-state index in [2.05, 4.69) is 10.1 Å². The van der Waals surface area contributed by atoms with Crippen molar-refractivity contribution in [2.45, 2.75) is 4.90 Å². The lowest BCUT2D eigenvalue weighted by Gasteiger charge is -1.97. The minimum absolute atomic E-state index is 0.150. The summed E-state index contributed by atoms with van der Waals surface area (Å²) in [5, 5.41) is 17.4. The summed E-state index contributed by atoms with van der Waals surface area (Å²) in [4.78, 5) is 3.65. The van der Waals surface area contributed by atoms with Gasteiger partial charge in [0.25, 0.3) is 0 Å². The molecular weight excluding hydrogens is 218 g/mol. The van der Waals surface area contributed by atoms with Gasteiger partial charge in [0, 0.05) is 0 Å². The summed E-state index contributed by atoms with van der Waals surface area (Å²) < 4.78 is 23.2. The van der Waals surface area contributed by atoms with Crippen molar-refractivity contribution in [3.63, 3.8) is 0 Å². The second-order valence-electron chi connectivity index (χ2n) is 2.77. The number of nitriles is 1. The molecule has 0 fully saturated rings. The molecule has 7 nitrogen and oxygen atoms in total. The molecule has 0 unspecified atom stereocenters. The van der Waals surface area contributed by atoms with Gasteiger partial charge in [-0.05, 0) is 0 Å². The van der Waals surface area contributed by atoms with E-state index in [-0.39, 0.29) is 10.5 Å². The molecule has 0 aromatic carbocycles. The fourth-order valence-corrected chi connectivity index (χ4v) is 1.53. The molecule has 2 N–H and O–H groups in total. The molecular formula is C7H5N5O2S.